The van der Waals surface area contributed by atoms with Crippen LogP contribution in [0, 0.1) is 13.8 Å². The highest BCUT2D eigenvalue weighted by molar-refractivity contribution is 7.10. The molecule has 0 radical (unpaired) electrons. The lowest BCUT2D eigenvalue weighted by molar-refractivity contribution is -0.145. The fourth-order valence-corrected chi connectivity index (χ4v) is 5.20. The summed E-state index contributed by atoms with van der Waals surface area (Å²) in [6.07, 6.45) is 3.13. The average molecular weight is 500 g/mol. The van der Waals surface area contributed by atoms with Crippen LogP contribution in [0.2, 0.25) is 0 Å². The Kier molecular flexibility index (Phi) is 8.91. The molecule has 190 valence electrons. The number of hydrogen-bond acceptors (Lipinski definition) is 7. The predicted octanol–water partition coefficient (Wildman–Crippen LogP) is 4.64. The molecule has 35 heavy (non-hydrogen) atoms. The number of rotatable bonds is 10. The predicted molar refractivity (Wildman–Crippen MR) is 141 cm³/mol. The van der Waals surface area contributed by atoms with E-state index in [2.05, 4.69) is 28.8 Å². The number of hydrogen-bond donors (Lipinski definition) is 1. The van der Waals surface area contributed by atoms with Crippen LogP contribution in [0.3, 0.4) is 0 Å². The smallest absolute Gasteiger partial charge is 0.256 e. The third-order valence-electron chi connectivity index (χ3n) is 6.37. The molecule has 3 aromatic rings. The van der Waals surface area contributed by atoms with Crippen LogP contribution in [0.5, 0.6) is 0 Å². The highest BCUT2D eigenvalue weighted by atomic mass is 32.1. The zero-order valence-corrected chi connectivity index (χ0v) is 21.2. The molecule has 1 N–H and O–H groups in total. The van der Waals surface area contributed by atoms with Gasteiger partial charge in [0, 0.05) is 36.1 Å². The molecule has 4 rings (SSSR count). The number of anilines is 1. The van der Waals surface area contributed by atoms with Crippen molar-refractivity contribution < 1.29 is 14.1 Å². The molecule has 0 saturated heterocycles. The lowest BCUT2D eigenvalue weighted by Crippen LogP contribution is -2.48. The van der Waals surface area contributed by atoms with E-state index in [1.807, 2.05) is 42.9 Å². The molecule has 9 heteroatoms. The minimum atomic E-state index is -0.0866. The monoisotopic (exact) mass is 499 g/mol. The number of nitrogens with zero attached hydrogens (tertiary/aromatic N) is 4. The molecule has 0 fully saturated rings. The molecule has 0 atom stereocenters. The molecular formula is C26H37N5O3S. The molecule has 0 aliphatic carbocycles. The van der Waals surface area contributed by atoms with E-state index < -0.39 is 0 Å². The molecule has 0 bridgehead atoms. The number of likely N-dealkylation sites (N-methyl/N-ethyl adjacent to an activating group) is 1. The first-order valence-corrected chi connectivity index (χ1v) is 12.7. The summed E-state index contributed by atoms with van der Waals surface area (Å²) in [4.78, 5) is 29.3. The van der Waals surface area contributed by atoms with Crippen LogP contribution in [0.4, 0.5) is 5.69 Å². The Morgan fingerprint density at radius 3 is 2.74 bits per heavy atom. The van der Waals surface area contributed by atoms with Gasteiger partial charge >= 0.3 is 0 Å². The minimum Gasteiger partial charge on any atom is -0.356 e. The molecule has 2 amide bonds. The molecule has 1 aliphatic heterocycles. The van der Waals surface area contributed by atoms with E-state index in [0.29, 0.717) is 12.1 Å². The van der Waals surface area contributed by atoms with Gasteiger partial charge in [-0.1, -0.05) is 32.3 Å². The van der Waals surface area contributed by atoms with Crippen molar-refractivity contribution in [2.75, 3.05) is 31.6 Å². The van der Waals surface area contributed by atoms with Gasteiger partial charge < -0.3 is 14.7 Å². The Morgan fingerprint density at radius 2 is 2.00 bits per heavy atom. The van der Waals surface area contributed by atoms with E-state index in [-0.39, 0.29) is 32.3 Å². The Morgan fingerprint density at radius 1 is 1.20 bits per heavy atom. The van der Waals surface area contributed by atoms with Gasteiger partial charge in [-0.2, -0.15) is 0 Å². The lowest BCUT2D eigenvalue weighted by atomic mass is 10.1. The summed E-state index contributed by atoms with van der Waals surface area (Å²) in [5.41, 5.74) is 4.53. The number of carbonyl (C=O) groups is 2. The molecule has 1 aromatic carbocycles. The van der Waals surface area contributed by atoms with Crippen molar-refractivity contribution in [3.63, 3.8) is 0 Å². The number of hydrazine groups is 1. The number of amides is 2. The van der Waals surface area contributed by atoms with E-state index in [4.69, 9.17) is 4.52 Å². The van der Waals surface area contributed by atoms with Gasteiger partial charge in [0.05, 0.1) is 25.3 Å². The topological polar surface area (TPSA) is 81.9 Å². The molecule has 1 aliphatic rings. The van der Waals surface area contributed by atoms with Crippen LogP contribution in [0.15, 0.2) is 28.1 Å². The van der Waals surface area contributed by atoms with E-state index in [1.54, 1.807) is 16.3 Å². The zero-order valence-electron chi connectivity index (χ0n) is 20.4. The summed E-state index contributed by atoms with van der Waals surface area (Å²) >= 11 is 1.72. The Labute approximate surface area is 211 Å². The van der Waals surface area contributed by atoms with Gasteiger partial charge in [0.2, 0.25) is 5.91 Å². The second kappa shape index (κ2) is 11.7. The van der Waals surface area contributed by atoms with Gasteiger partial charge in [-0.3, -0.25) is 14.6 Å². The summed E-state index contributed by atoms with van der Waals surface area (Å²) in [7, 11) is 1.81. The number of nitrogens with one attached hydrogen (secondary N) is 1. The van der Waals surface area contributed by atoms with Gasteiger partial charge in [-0.15, -0.1) is 11.3 Å². The van der Waals surface area contributed by atoms with Gasteiger partial charge in [0.25, 0.3) is 5.91 Å². The Bertz CT molecular complexity index is 1150. The summed E-state index contributed by atoms with van der Waals surface area (Å²) in [6.45, 7) is 8.30. The van der Waals surface area contributed by atoms with Crippen molar-refractivity contribution in [3.8, 4) is 0 Å². The number of thiophene rings is 1. The first-order valence-electron chi connectivity index (χ1n) is 11.8. The van der Waals surface area contributed by atoms with E-state index in [0.717, 1.165) is 54.7 Å². The first-order chi connectivity index (χ1) is 16.4. The fraction of sp³-hybridized carbons (Fsp3) is 0.500. The van der Waals surface area contributed by atoms with Crippen LogP contribution < -0.4 is 10.2 Å². The molecular weight excluding hydrogens is 462 g/mol. The normalized spacial score (nSPS) is 12.9. The fourth-order valence-electron chi connectivity index (χ4n) is 4.29. The van der Waals surface area contributed by atoms with Crippen molar-refractivity contribution in [1.29, 1.82) is 0 Å². The van der Waals surface area contributed by atoms with Crippen molar-refractivity contribution >= 4 is 39.8 Å². The highest BCUT2D eigenvalue weighted by Gasteiger charge is 2.28. The quantitative estimate of drug-likeness (QED) is 0.409. The van der Waals surface area contributed by atoms with Crippen molar-refractivity contribution in [2.45, 2.75) is 60.5 Å². The van der Waals surface area contributed by atoms with Gasteiger partial charge in [0.1, 0.15) is 0 Å². The summed E-state index contributed by atoms with van der Waals surface area (Å²) < 4.78 is 5.40. The molecule has 8 nitrogen and oxygen atoms in total. The number of unbranched alkanes of at least 4 members (excludes halogenated alkanes) is 2. The summed E-state index contributed by atoms with van der Waals surface area (Å²) in [5.74, 6) is -0.146. The summed E-state index contributed by atoms with van der Waals surface area (Å²) in [6, 6.07) is 6.01. The van der Waals surface area contributed by atoms with Crippen molar-refractivity contribution in [3.05, 3.63) is 45.3 Å². The van der Waals surface area contributed by atoms with Crippen LogP contribution >= 0.6 is 11.3 Å². The second-order valence-electron chi connectivity index (χ2n) is 8.92. The van der Waals surface area contributed by atoms with E-state index in [9.17, 15) is 9.59 Å². The zero-order chi connectivity index (χ0) is 24.2. The van der Waals surface area contributed by atoms with Crippen LogP contribution in [-0.2, 0) is 22.7 Å². The van der Waals surface area contributed by atoms with Crippen LogP contribution in [0.25, 0.3) is 11.0 Å². The molecule has 3 heterocycles. The Hall–Kier alpha value is -2.91. The maximum atomic E-state index is 13.3. The SMILES string of the molecule is C.CCCCCNC(=O)CN(CC(=O)N(C)N1Cc2ccsc2C1)c1cc2c(C)noc2cc1C. The van der Waals surface area contributed by atoms with E-state index >= 15 is 0 Å². The van der Waals surface area contributed by atoms with Gasteiger partial charge in [-0.05, 0) is 55.0 Å². The molecule has 0 spiro atoms. The van der Waals surface area contributed by atoms with Crippen molar-refractivity contribution in [1.82, 2.24) is 20.5 Å². The van der Waals surface area contributed by atoms with Crippen LogP contribution in [-0.4, -0.2) is 53.7 Å². The van der Waals surface area contributed by atoms with Gasteiger partial charge in [0.15, 0.2) is 5.58 Å². The maximum Gasteiger partial charge on any atom is 0.256 e. The first kappa shape index (κ1) is 26.7. The average Bonchev–Trinajstić information content (AvgIpc) is 3.50. The number of carbonyl (C=O) groups excluding carboxylic acids is 2. The minimum absolute atomic E-state index is 0. The second-order valence-corrected chi connectivity index (χ2v) is 9.93. The molecule has 2 aromatic heterocycles. The van der Waals surface area contributed by atoms with Crippen LogP contribution in [0.1, 0.15) is 55.3 Å². The third kappa shape index (κ3) is 6.02. The Balaban J connectivity index is 0.00000342. The number of fused-ring (bicyclic) bond motifs is 2. The summed E-state index contributed by atoms with van der Waals surface area (Å²) in [5, 5.41) is 13.8. The standard InChI is InChI=1S/C25H33N5O3S.CH4/c1-5-6-7-9-26-24(31)15-29(21-12-20-18(3)27-33-22(20)11-17(21)2)16-25(32)28(4)30-13-19-8-10-34-23(19)14-30;/h8,10-12H,5-7,9,13-16H2,1-4H3,(H,26,31);1H4. The van der Waals surface area contributed by atoms with Gasteiger partial charge in [-0.25, -0.2) is 5.01 Å². The third-order valence-corrected chi connectivity index (χ3v) is 7.32. The highest BCUT2D eigenvalue weighted by Crippen LogP contribution is 2.30. The lowest BCUT2D eigenvalue weighted by Gasteiger charge is -2.32. The van der Waals surface area contributed by atoms with Crippen molar-refractivity contribution in [2.24, 2.45) is 0 Å². The van der Waals surface area contributed by atoms with E-state index in [1.165, 1.54) is 10.4 Å². The molecule has 0 saturated carbocycles. The maximum absolute atomic E-state index is 13.3. The molecule has 0 unspecified atom stereocenters. The number of aromatic nitrogens is 1. The number of aryl methyl sites for hydroxylation is 2. The largest absolute Gasteiger partial charge is 0.356 e. The number of benzene rings is 1.